The van der Waals surface area contributed by atoms with Crippen LogP contribution in [0.25, 0.3) is 43.1 Å². The fourth-order valence-electron chi connectivity index (χ4n) is 5.35. The van der Waals surface area contributed by atoms with E-state index in [-0.39, 0.29) is 11.6 Å². The van der Waals surface area contributed by atoms with Crippen LogP contribution in [0.15, 0.2) is 121 Å². The van der Waals surface area contributed by atoms with Gasteiger partial charge in [-0.1, -0.05) is 97.1 Å². The molecule has 1 aromatic heterocycles. The average molecular weight is 493 g/mol. The monoisotopic (exact) mass is 492 g/mol. The molecule has 0 amide bonds. The molecule has 0 bridgehead atoms. The average Bonchev–Trinajstić information content (AvgIpc) is 3.44. The normalized spacial score (nSPS) is 11.5. The maximum absolute atomic E-state index is 14.0. The van der Waals surface area contributed by atoms with Crippen LogP contribution in [0.4, 0.5) is 0 Å². The molecular formula is C34H20O2S. The highest BCUT2D eigenvalue weighted by molar-refractivity contribution is 7.16. The van der Waals surface area contributed by atoms with Crippen molar-refractivity contribution in [2.75, 3.05) is 0 Å². The van der Waals surface area contributed by atoms with Gasteiger partial charge < -0.3 is 0 Å². The number of hydrogen-bond acceptors (Lipinski definition) is 3. The predicted molar refractivity (Wildman–Crippen MR) is 154 cm³/mol. The molecule has 3 heteroatoms. The first kappa shape index (κ1) is 21.7. The van der Waals surface area contributed by atoms with Crippen LogP contribution in [-0.2, 0) is 0 Å². The van der Waals surface area contributed by atoms with Crippen molar-refractivity contribution < 1.29 is 9.59 Å². The largest absolute Gasteiger partial charge is 0.288 e. The van der Waals surface area contributed by atoms with Gasteiger partial charge in [0.15, 0.2) is 0 Å². The molecule has 0 aliphatic rings. The van der Waals surface area contributed by atoms with E-state index in [1.165, 1.54) is 11.3 Å². The summed E-state index contributed by atoms with van der Waals surface area (Å²) in [6.45, 7) is 0. The molecule has 0 aliphatic heterocycles. The highest BCUT2D eigenvalue weighted by Crippen LogP contribution is 2.35. The molecule has 0 unspecified atom stereocenters. The lowest BCUT2D eigenvalue weighted by Crippen LogP contribution is -2.02. The van der Waals surface area contributed by atoms with E-state index < -0.39 is 0 Å². The minimum Gasteiger partial charge on any atom is -0.288 e. The van der Waals surface area contributed by atoms with Gasteiger partial charge in [-0.3, -0.25) is 9.59 Å². The molecule has 37 heavy (non-hydrogen) atoms. The summed E-state index contributed by atoms with van der Waals surface area (Å²) in [4.78, 5) is 29.1. The molecule has 0 saturated heterocycles. The first-order chi connectivity index (χ1) is 18.2. The second-order valence-corrected chi connectivity index (χ2v) is 10.3. The topological polar surface area (TPSA) is 34.1 Å². The van der Waals surface area contributed by atoms with Crippen LogP contribution in [-0.4, -0.2) is 11.6 Å². The first-order valence-corrected chi connectivity index (χ1v) is 13.0. The first-order valence-electron chi connectivity index (χ1n) is 12.2. The maximum Gasteiger partial charge on any atom is 0.204 e. The fraction of sp³-hybridized carbons (Fsp3) is 0. The van der Waals surface area contributed by atoms with Crippen molar-refractivity contribution in [3.05, 3.63) is 142 Å². The van der Waals surface area contributed by atoms with Gasteiger partial charge in [0.1, 0.15) is 0 Å². The number of carbonyl (C=O) groups is 2. The minimum atomic E-state index is -0.0557. The molecule has 0 saturated carbocycles. The summed E-state index contributed by atoms with van der Waals surface area (Å²) < 4.78 is 0. The predicted octanol–water partition coefficient (Wildman–Crippen LogP) is 8.82. The Morgan fingerprint density at radius 3 is 1.03 bits per heavy atom. The van der Waals surface area contributed by atoms with E-state index in [1.807, 2.05) is 97.1 Å². The number of hydrogen-bond donors (Lipinski definition) is 0. The minimum absolute atomic E-state index is 0.0557. The zero-order valence-electron chi connectivity index (χ0n) is 19.8. The number of benzene rings is 6. The number of thiophene rings is 1. The van der Waals surface area contributed by atoms with Crippen molar-refractivity contribution in [2.45, 2.75) is 0 Å². The maximum atomic E-state index is 14.0. The van der Waals surface area contributed by atoms with E-state index in [0.717, 1.165) is 43.1 Å². The highest BCUT2D eigenvalue weighted by Gasteiger charge is 2.22. The van der Waals surface area contributed by atoms with Crippen LogP contribution >= 0.6 is 11.3 Å². The number of ketones is 2. The molecule has 0 radical (unpaired) electrons. The van der Waals surface area contributed by atoms with Gasteiger partial charge in [0.05, 0.1) is 9.75 Å². The van der Waals surface area contributed by atoms with Gasteiger partial charge in [-0.05, 0) is 67.4 Å². The van der Waals surface area contributed by atoms with Crippen LogP contribution in [0.1, 0.15) is 30.5 Å². The zero-order chi connectivity index (χ0) is 24.9. The van der Waals surface area contributed by atoms with Gasteiger partial charge in [0.25, 0.3) is 0 Å². The molecule has 0 fully saturated rings. The Hall–Kier alpha value is -4.60. The molecule has 1 heterocycles. The van der Waals surface area contributed by atoms with Crippen molar-refractivity contribution in [2.24, 2.45) is 0 Å². The van der Waals surface area contributed by atoms with Crippen LogP contribution in [0.5, 0.6) is 0 Å². The quantitative estimate of drug-likeness (QED) is 0.182. The lowest BCUT2D eigenvalue weighted by Gasteiger charge is -2.10. The third kappa shape index (κ3) is 3.47. The molecule has 0 atom stereocenters. The fourth-order valence-corrected chi connectivity index (χ4v) is 6.24. The smallest absolute Gasteiger partial charge is 0.204 e. The van der Waals surface area contributed by atoms with E-state index in [1.54, 1.807) is 12.1 Å². The Morgan fingerprint density at radius 1 is 0.405 bits per heavy atom. The SMILES string of the molecule is O=C(c1ccc(C(=O)c2c3ccccc3cc3ccccc23)s1)c1c2ccccc2cc2ccccc12. The number of rotatable bonds is 4. The third-order valence-electron chi connectivity index (χ3n) is 7.05. The summed E-state index contributed by atoms with van der Waals surface area (Å²) in [6.07, 6.45) is 0. The van der Waals surface area contributed by atoms with Gasteiger partial charge in [0.2, 0.25) is 11.6 Å². The van der Waals surface area contributed by atoms with Crippen LogP contribution in [0, 0.1) is 0 Å². The van der Waals surface area contributed by atoms with Gasteiger partial charge in [-0.15, -0.1) is 11.3 Å². The Labute approximate surface area is 217 Å². The summed E-state index contributed by atoms with van der Waals surface area (Å²) in [5.41, 5.74) is 1.37. The molecule has 174 valence electrons. The van der Waals surface area contributed by atoms with Gasteiger partial charge in [-0.2, -0.15) is 0 Å². The molecule has 2 nitrogen and oxygen atoms in total. The molecule has 6 aromatic carbocycles. The van der Waals surface area contributed by atoms with Crippen LogP contribution in [0.2, 0.25) is 0 Å². The van der Waals surface area contributed by atoms with Gasteiger partial charge >= 0.3 is 0 Å². The van der Waals surface area contributed by atoms with E-state index in [2.05, 4.69) is 12.1 Å². The molecule has 0 N–H and O–H groups in total. The van der Waals surface area contributed by atoms with Crippen molar-refractivity contribution in [1.29, 1.82) is 0 Å². The van der Waals surface area contributed by atoms with Crippen molar-refractivity contribution >= 4 is 66.0 Å². The Balaban J connectivity index is 1.38. The van der Waals surface area contributed by atoms with Gasteiger partial charge in [0, 0.05) is 11.1 Å². The molecule has 0 aliphatic carbocycles. The molecule has 7 rings (SSSR count). The number of fused-ring (bicyclic) bond motifs is 4. The van der Waals surface area contributed by atoms with E-state index >= 15 is 0 Å². The van der Waals surface area contributed by atoms with E-state index in [0.29, 0.717) is 20.9 Å². The summed E-state index contributed by atoms with van der Waals surface area (Å²) in [6, 6.07) is 39.8. The van der Waals surface area contributed by atoms with E-state index in [4.69, 9.17) is 0 Å². The second-order valence-electron chi connectivity index (χ2n) is 9.21. The Morgan fingerprint density at radius 2 is 0.703 bits per heavy atom. The van der Waals surface area contributed by atoms with E-state index in [9.17, 15) is 9.59 Å². The van der Waals surface area contributed by atoms with Gasteiger partial charge in [-0.25, -0.2) is 0 Å². The van der Waals surface area contributed by atoms with Crippen molar-refractivity contribution in [3.63, 3.8) is 0 Å². The van der Waals surface area contributed by atoms with Crippen molar-refractivity contribution in [3.8, 4) is 0 Å². The standard InChI is InChI=1S/C34H20O2S/c35-33(31-25-13-5-1-9-21(25)19-22-10-2-6-14-26(22)31)29-17-18-30(37-29)34(36)32-27-15-7-3-11-23(27)20-24-12-4-8-16-28(24)32/h1-20H. The Kier molecular flexibility index (Phi) is 4.98. The summed E-state index contributed by atoms with van der Waals surface area (Å²) in [7, 11) is 0. The highest BCUT2D eigenvalue weighted by atomic mass is 32.1. The third-order valence-corrected chi connectivity index (χ3v) is 8.13. The molecular weight excluding hydrogens is 472 g/mol. The molecule has 0 spiro atoms. The Bertz CT molecular complexity index is 1780. The lowest BCUT2D eigenvalue weighted by atomic mass is 9.93. The van der Waals surface area contributed by atoms with Crippen molar-refractivity contribution in [1.82, 2.24) is 0 Å². The second kappa shape index (κ2) is 8.51. The summed E-state index contributed by atoms with van der Waals surface area (Å²) in [5.74, 6) is -0.111. The van der Waals surface area contributed by atoms with Crippen LogP contribution < -0.4 is 0 Å². The summed E-state index contributed by atoms with van der Waals surface area (Å²) >= 11 is 1.27. The zero-order valence-corrected chi connectivity index (χ0v) is 20.6. The summed E-state index contributed by atoms with van der Waals surface area (Å²) in [5, 5.41) is 7.80. The lowest BCUT2D eigenvalue weighted by molar-refractivity contribution is 0.103. The number of carbonyl (C=O) groups excluding carboxylic acids is 2. The molecule has 7 aromatic rings. The van der Waals surface area contributed by atoms with Crippen LogP contribution in [0.3, 0.4) is 0 Å².